The Bertz CT molecular complexity index is 530. The van der Waals surface area contributed by atoms with Crippen LogP contribution in [0.15, 0.2) is 16.7 Å². The summed E-state index contributed by atoms with van der Waals surface area (Å²) in [5.41, 5.74) is 4.30. The third-order valence-electron chi connectivity index (χ3n) is 3.04. The van der Waals surface area contributed by atoms with Crippen LogP contribution in [0, 0.1) is 13.8 Å². The van der Waals surface area contributed by atoms with Gasteiger partial charge in [-0.3, -0.25) is 0 Å². The topological polar surface area (TPSA) is 25.2 Å². The molecule has 1 heterocycles. The summed E-state index contributed by atoms with van der Waals surface area (Å²) >= 11 is 6.28. The van der Waals surface area contributed by atoms with Crippen LogP contribution in [0.3, 0.4) is 0 Å². The van der Waals surface area contributed by atoms with E-state index in [0.29, 0.717) is 0 Å². The smallest absolute Gasteiger partial charge is 0.134 e. The Labute approximate surface area is 107 Å². The Morgan fingerprint density at radius 1 is 1.35 bits per heavy atom. The molecule has 0 aliphatic rings. The van der Waals surface area contributed by atoms with E-state index in [1.807, 2.05) is 19.3 Å². The van der Waals surface area contributed by atoms with Gasteiger partial charge in [0.05, 0.1) is 6.26 Å². The Balaban J connectivity index is 2.41. The second-order valence-corrected chi connectivity index (χ2v) is 4.82. The molecule has 3 heteroatoms. The highest BCUT2D eigenvalue weighted by Crippen LogP contribution is 2.32. The summed E-state index contributed by atoms with van der Waals surface area (Å²) in [6.07, 6.45) is 2.96. The molecule has 2 rings (SSSR count). The van der Waals surface area contributed by atoms with Gasteiger partial charge >= 0.3 is 0 Å². The third-order valence-corrected chi connectivity index (χ3v) is 3.62. The normalized spacial score (nSPS) is 11.3. The Morgan fingerprint density at radius 3 is 2.82 bits per heavy atom. The highest BCUT2D eigenvalue weighted by atomic mass is 35.5. The molecule has 0 saturated carbocycles. The zero-order chi connectivity index (χ0) is 12.4. The molecule has 1 aromatic heterocycles. The first-order valence-corrected chi connectivity index (χ1v) is 6.39. The molecule has 0 unspecified atom stereocenters. The monoisotopic (exact) mass is 251 g/mol. The van der Waals surface area contributed by atoms with Gasteiger partial charge in [0.1, 0.15) is 5.58 Å². The van der Waals surface area contributed by atoms with E-state index in [2.05, 4.69) is 19.2 Å². The van der Waals surface area contributed by atoms with E-state index in [0.717, 1.165) is 46.6 Å². The number of hydrogen-bond acceptors (Lipinski definition) is 2. The molecular weight excluding hydrogens is 234 g/mol. The summed E-state index contributed by atoms with van der Waals surface area (Å²) < 4.78 is 5.60. The van der Waals surface area contributed by atoms with Crippen LogP contribution in [0.1, 0.15) is 30.0 Å². The molecule has 0 aliphatic heterocycles. The van der Waals surface area contributed by atoms with Gasteiger partial charge in [-0.15, -0.1) is 0 Å². The number of nitrogens with one attached hydrogen (secondary N) is 1. The van der Waals surface area contributed by atoms with Gasteiger partial charge in [-0.2, -0.15) is 0 Å². The summed E-state index contributed by atoms with van der Waals surface area (Å²) in [6, 6.07) is 2.01. The molecule has 0 spiro atoms. The maximum Gasteiger partial charge on any atom is 0.134 e. The lowest BCUT2D eigenvalue weighted by molar-refractivity contribution is 0.601. The van der Waals surface area contributed by atoms with E-state index in [1.54, 1.807) is 0 Å². The summed E-state index contributed by atoms with van der Waals surface area (Å²) in [5, 5.41) is 5.39. The predicted octanol–water partition coefficient (Wildman–Crippen LogP) is 4.20. The summed E-state index contributed by atoms with van der Waals surface area (Å²) in [7, 11) is 0. The maximum absolute atomic E-state index is 6.28. The number of rotatable bonds is 4. The minimum absolute atomic E-state index is 0.834. The van der Waals surface area contributed by atoms with Gasteiger partial charge in [0.15, 0.2) is 0 Å². The van der Waals surface area contributed by atoms with Crippen LogP contribution < -0.4 is 5.32 Å². The molecule has 0 saturated heterocycles. The lowest BCUT2D eigenvalue weighted by atomic mass is 10.0. The van der Waals surface area contributed by atoms with Crippen molar-refractivity contribution in [3.63, 3.8) is 0 Å². The number of benzene rings is 1. The maximum atomic E-state index is 6.28. The quantitative estimate of drug-likeness (QED) is 0.824. The van der Waals surface area contributed by atoms with Crippen LogP contribution in [0.4, 0.5) is 0 Å². The van der Waals surface area contributed by atoms with E-state index in [4.69, 9.17) is 16.0 Å². The lowest BCUT2D eigenvalue weighted by Crippen LogP contribution is -2.13. The second kappa shape index (κ2) is 5.11. The SMILES string of the molecule is CCCNCc1coc2cc(C)c(Cl)c(C)c12. The van der Waals surface area contributed by atoms with Crippen molar-refractivity contribution >= 4 is 22.6 Å². The third kappa shape index (κ3) is 2.33. The molecule has 2 nitrogen and oxygen atoms in total. The van der Waals surface area contributed by atoms with Gasteiger partial charge in [0.25, 0.3) is 0 Å². The molecule has 1 N–H and O–H groups in total. The minimum atomic E-state index is 0.834. The highest BCUT2D eigenvalue weighted by Gasteiger charge is 2.12. The average Bonchev–Trinajstić information content (AvgIpc) is 2.70. The number of fused-ring (bicyclic) bond motifs is 1. The zero-order valence-electron chi connectivity index (χ0n) is 10.6. The predicted molar refractivity (Wildman–Crippen MR) is 72.7 cm³/mol. The van der Waals surface area contributed by atoms with E-state index in [1.165, 1.54) is 5.56 Å². The Kier molecular flexibility index (Phi) is 3.75. The molecule has 17 heavy (non-hydrogen) atoms. The summed E-state index contributed by atoms with van der Waals surface area (Å²) in [6.45, 7) is 8.07. The highest BCUT2D eigenvalue weighted by molar-refractivity contribution is 6.33. The van der Waals surface area contributed by atoms with Crippen LogP contribution >= 0.6 is 11.6 Å². The van der Waals surface area contributed by atoms with Crippen molar-refractivity contribution in [3.05, 3.63) is 34.0 Å². The molecule has 0 atom stereocenters. The van der Waals surface area contributed by atoms with Crippen LogP contribution in [0.25, 0.3) is 11.0 Å². The second-order valence-electron chi connectivity index (χ2n) is 4.44. The fourth-order valence-corrected chi connectivity index (χ4v) is 2.29. The fraction of sp³-hybridized carbons (Fsp3) is 0.429. The molecular formula is C14H18ClNO. The number of halogens is 1. The first-order valence-electron chi connectivity index (χ1n) is 6.01. The summed E-state index contributed by atoms with van der Waals surface area (Å²) in [5.74, 6) is 0. The largest absolute Gasteiger partial charge is 0.464 e. The van der Waals surface area contributed by atoms with Crippen LogP contribution in [-0.2, 0) is 6.54 Å². The van der Waals surface area contributed by atoms with Crippen molar-refractivity contribution in [2.45, 2.75) is 33.7 Å². The average molecular weight is 252 g/mol. The molecule has 0 amide bonds. The van der Waals surface area contributed by atoms with E-state index in [9.17, 15) is 0 Å². The van der Waals surface area contributed by atoms with Crippen LogP contribution in [0.2, 0.25) is 5.02 Å². The van der Waals surface area contributed by atoms with Gasteiger partial charge in [-0.25, -0.2) is 0 Å². The van der Waals surface area contributed by atoms with Crippen molar-refractivity contribution in [1.29, 1.82) is 0 Å². The van der Waals surface area contributed by atoms with Gasteiger partial charge in [0.2, 0.25) is 0 Å². The van der Waals surface area contributed by atoms with Crippen LogP contribution in [0.5, 0.6) is 0 Å². The van der Waals surface area contributed by atoms with Crippen LogP contribution in [-0.4, -0.2) is 6.54 Å². The molecule has 1 aromatic carbocycles. The van der Waals surface area contributed by atoms with Gasteiger partial charge in [-0.05, 0) is 44.0 Å². The first kappa shape index (κ1) is 12.5. The minimum Gasteiger partial charge on any atom is -0.464 e. The fourth-order valence-electron chi connectivity index (χ4n) is 2.14. The lowest BCUT2D eigenvalue weighted by Gasteiger charge is -2.06. The van der Waals surface area contributed by atoms with E-state index < -0.39 is 0 Å². The molecule has 2 aromatic rings. The summed E-state index contributed by atoms with van der Waals surface area (Å²) in [4.78, 5) is 0. The Hall–Kier alpha value is -0.990. The first-order chi connectivity index (χ1) is 8.15. The molecule has 0 radical (unpaired) electrons. The standard InChI is InChI=1S/C14H18ClNO/c1-4-5-16-7-11-8-17-12-6-9(2)14(15)10(3)13(11)12/h6,8,16H,4-5,7H2,1-3H3. The van der Waals surface area contributed by atoms with Crippen molar-refractivity contribution in [1.82, 2.24) is 5.32 Å². The Morgan fingerprint density at radius 2 is 2.12 bits per heavy atom. The molecule has 92 valence electrons. The molecule has 0 aliphatic carbocycles. The number of aryl methyl sites for hydroxylation is 2. The van der Waals surface area contributed by atoms with Gasteiger partial charge < -0.3 is 9.73 Å². The van der Waals surface area contributed by atoms with Crippen molar-refractivity contribution < 1.29 is 4.42 Å². The number of hydrogen-bond donors (Lipinski definition) is 1. The molecule has 0 bridgehead atoms. The van der Waals surface area contributed by atoms with Crippen molar-refractivity contribution in [2.75, 3.05) is 6.54 Å². The van der Waals surface area contributed by atoms with Crippen molar-refractivity contribution in [3.8, 4) is 0 Å². The van der Waals surface area contributed by atoms with E-state index >= 15 is 0 Å². The van der Waals surface area contributed by atoms with Crippen molar-refractivity contribution in [2.24, 2.45) is 0 Å². The number of furan rings is 1. The van der Waals surface area contributed by atoms with E-state index in [-0.39, 0.29) is 0 Å². The van der Waals surface area contributed by atoms with Gasteiger partial charge in [0, 0.05) is 22.5 Å². The molecule has 0 fully saturated rings. The van der Waals surface area contributed by atoms with Gasteiger partial charge in [-0.1, -0.05) is 18.5 Å². The zero-order valence-corrected chi connectivity index (χ0v) is 11.3.